The van der Waals surface area contributed by atoms with Crippen molar-refractivity contribution in [2.75, 3.05) is 43.4 Å². The molecule has 0 spiro atoms. The van der Waals surface area contributed by atoms with Gasteiger partial charge in [0.2, 0.25) is 5.95 Å². The van der Waals surface area contributed by atoms with Crippen LogP contribution in [-0.2, 0) is 0 Å². The minimum Gasteiger partial charge on any atom is -0.390 e. The Morgan fingerprint density at radius 1 is 1.00 bits per heavy atom. The molecule has 2 atom stereocenters. The fourth-order valence-corrected chi connectivity index (χ4v) is 5.08. The van der Waals surface area contributed by atoms with E-state index in [0.29, 0.717) is 43.1 Å². The molecule has 1 aliphatic carbocycles. The number of rotatable bonds is 6. The summed E-state index contributed by atoms with van der Waals surface area (Å²) >= 11 is 0. The average Bonchev–Trinajstić information content (AvgIpc) is 3.40. The molecule has 1 aliphatic heterocycles. The number of aliphatic hydroxyl groups excluding tert-OH is 2. The highest BCUT2D eigenvalue weighted by Crippen LogP contribution is 2.34. The number of hydrogen-bond acceptors (Lipinski definition) is 8. The van der Waals surface area contributed by atoms with Gasteiger partial charge in [0.25, 0.3) is 0 Å². The predicted molar refractivity (Wildman–Crippen MR) is 144 cm³/mol. The zero-order valence-electron chi connectivity index (χ0n) is 21.0. The minimum atomic E-state index is -0.764. The molecular weight excluding hydrogens is 516 g/mol. The summed E-state index contributed by atoms with van der Waals surface area (Å²) in [6, 6.07) is 5.43. The Morgan fingerprint density at radius 3 is 2.32 bits per heavy atom. The van der Waals surface area contributed by atoms with Crippen LogP contribution in [0.2, 0.25) is 0 Å². The Balaban J connectivity index is 0.00000336. The van der Waals surface area contributed by atoms with Crippen molar-refractivity contribution in [3.05, 3.63) is 65.1 Å². The molecule has 4 N–H and O–H groups in total. The second-order valence-electron chi connectivity index (χ2n) is 9.73. The van der Waals surface area contributed by atoms with Crippen molar-refractivity contribution in [1.82, 2.24) is 24.6 Å². The van der Waals surface area contributed by atoms with Gasteiger partial charge in [-0.3, -0.25) is 4.90 Å². The van der Waals surface area contributed by atoms with Crippen LogP contribution >= 0.6 is 12.4 Å². The number of halogens is 3. The van der Waals surface area contributed by atoms with E-state index in [4.69, 9.17) is 5.73 Å². The number of nitrogen functional groups attached to an aromatic ring is 1. The highest BCUT2D eigenvalue weighted by atomic mass is 35.5. The minimum absolute atomic E-state index is 0. The van der Waals surface area contributed by atoms with Crippen molar-refractivity contribution >= 4 is 30.1 Å². The molecule has 0 bridgehead atoms. The lowest BCUT2D eigenvalue weighted by molar-refractivity contribution is 0.0438. The summed E-state index contributed by atoms with van der Waals surface area (Å²) in [5.41, 5.74) is 9.06. The van der Waals surface area contributed by atoms with Crippen LogP contribution < -0.4 is 10.6 Å². The van der Waals surface area contributed by atoms with Crippen LogP contribution in [0.4, 0.5) is 20.4 Å². The van der Waals surface area contributed by atoms with Gasteiger partial charge in [0, 0.05) is 62.0 Å². The van der Waals surface area contributed by atoms with Crippen molar-refractivity contribution in [3.63, 3.8) is 0 Å². The molecule has 1 aromatic carbocycles. The summed E-state index contributed by atoms with van der Waals surface area (Å²) in [7, 11) is 0. The van der Waals surface area contributed by atoms with Crippen LogP contribution in [0.15, 0.2) is 36.5 Å². The first kappa shape index (κ1) is 27.9. The second-order valence-corrected chi connectivity index (χ2v) is 9.73. The molecule has 12 heteroatoms. The van der Waals surface area contributed by atoms with Crippen LogP contribution in [0.1, 0.15) is 35.7 Å². The smallest absolute Gasteiger partial charge is 0.222 e. The van der Waals surface area contributed by atoms with Gasteiger partial charge in [-0.05, 0) is 31.9 Å². The molecule has 0 unspecified atom stereocenters. The van der Waals surface area contributed by atoms with E-state index in [9.17, 15) is 19.0 Å². The molecule has 0 amide bonds. The molecule has 5 rings (SSSR count). The van der Waals surface area contributed by atoms with Crippen LogP contribution in [0.3, 0.4) is 0 Å². The van der Waals surface area contributed by atoms with Gasteiger partial charge in [-0.2, -0.15) is 10.1 Å². The summed E-state index contributed by atoms with van der Waals surface area (Å²) in [4.78, 5) is 12.9. The normalized spacial score (nSPS) is 20.8. The molecule has 2 aromatic heterocycles. The lowest BCUT2D eigenvalue weighted by atomic mass is 10.0. The first-order valence-corrected chi connectivity index (χ1v) is 12.4. The van der Waals surface area contributed by atoms with E-state index in [2.05, 4.69) is 26.0 Å². The Labute approximate surface area is 226 Å². The van der Waals surface area contributed by atoms with Gasteiger partial charge in [0.1, 0.15) is 11.6 Å². The summed E-state index contributed by atoms with van der Waals surface area (Å²) in [6.07, 6.45) is 5.19. The third-order valence-electron chi connectivity index (χ3n) is 7.17. The van der Waals surface area contributed by atoms with E-state index in [1.807, 2.05) is 24.0 Å². The molecule has 2 aliphatic rings. The number of nitrogens with zero attached hydrogens (tertiary/aromatic N) is 6. The van der Waals surface area contributed by atoms with Gasteiger partial charge in [-0.25, -0.2) is 18.4 Å². The maximum atomic E-state index is 13.5. The first-order valence-electron chi connectivity index (χ1n) is 12.4. The zero-order chi connectivity index (χ0) is 26.1. The number of piperazine rings is 1. The molecule has 3 aromatic rings. The van der Waals surface area contributed by atoms with Gasteiger partial charge in [0.05, 0.1) is 29.8 Å². The quantitative estimate of drug-likeness (QED) is 0.431. The SMILES string of the molecule is Cc1c(/C=C/CN2CCN(c3cc(F)cc(F)c3)CC2)cnn1-c1cc(C2C[C@@H](O)[C@H](O)C2)nc(N)n1.Cl. The van der Waals surface area contributed by atoms with E-state index >= 15 is 0 Å². The first-order chi connectivity index (χ1) is 17.8. The molecule has 204 valence electrons. The summed E-state index contributed by atoms with van der Waals surface area (Å²) in [6.45, 7) is 5.65. The monoisotopic (exact) mass is 547 g/mol. The molecule has 3 heterocycles. The standard InChI is InChI=1S/C26H31F2N7O2.ClH/c1-16-17(3-2-4-33-5-7-34(8-6-33)21-12-19(27)11-20(28)13-21)15-30-35(16)25-14-22(31-26(29)32-25)18-9-23(36)24(37)10-18;/h2-3,11-15,18,23-24,36-37H,4-10H2,1H3,(H2,29,31,32);1H/b3-2+;/t23-,24-;/m1./s1. The number of nitrogens with two attached hydrogens (primary N) is 1. The fourth-order valence-electron chi connectivity index (χ4n) is 5.08. The van der Waals surface area contributed by atoms with Crippen LogP contribution in [-0.4, -0.2) is 79.8 Å². The molecule has 1 saturated heterocycles. The molecular formula is C26H32ClF2N7O2. The summed E-state index contributed by atoms with van der Waals surface area (Å²) in [5.74, 6) is -0.554. The average molecular weight is 548 g/mol. The number of hydrogen-bond donors (Lipinski definition) is 3. The number of benzene rings is 1. The van der Waals surface area contributed by atoms with E-state index in [1.165, 1.54) is 12.1 Å². The third-order valence-corrected chi connectivity index (χ3v) is 7.17. The Kier molecular flexibility index (Phi) is 8.61. The summed E-state index contributed by atoms with van der Waals surface area (Å²) in [5, 5.41) is 24.3. The van der Waals surface area contributed by atoms with Gasteiger partial charge >= 0.3 is 0 Å². The van der Waals surface area contributed by atoms with Crippen molar-refractivity contribution in [3.8, 4) is 5.82 Å². The van der Waals surface area contributed by atoms with Gasteiger partial charge < -0.3 is 20.8 Å². The zero-order valence-corrected chi connectivity index (χ0v) is 21.9. The third kappa shape index (κ3) is 6.12. The molecule has 38 heavy (non-hydrogen) atoms. The lowest BCUT2D eigenvalue weighted by Crippen LogP contribution is -2.46. The fraction of sp³-hybridized carbons (Fsp3) is 0.423. The lowest BCUT2D eigenvalue weighted by Gasteiger charge is -2.35. The van der Waals surface area contributed by atoms with E-state index in [1.54, 1.807) is 10.9 Å². The van der Waals surface area contributed by atoms with E-state index < -0.39 is 23.8 Å². The van der Waals surface area contributed by atoms with Crippen molar-refractivity contribution in [1.29, 1.82) is 0 Å². The maximum absolute atomic E-state index is 13.5. The van der Waals surface area contributed by atoms with Crippen molar-refractivity contribution in [2.24, 2.45) is 0 Å². The van der Waals surface area contributed by atoms with Crippen LogP contribution in [0.5, 0.6) is 0 Å². The molecule has 0 radical (unpaired) electrons. The molecule has 2 fully saturated rings. The molecule has 1 saturated carbocycles. The Bertz CT molecular complexity index is 1270. The maximum Gasteiger partial charge on any atom is 0.222 e. The highest BCUT2D eigenvalue weighted by molar-refractivity contribution is 5.85. The van der Waals surface area contributed by atoms with Gasteiger partial charge in [-0.15, -0.1) is 12.4 Å². The van der Waals surface area contributed by atoms with Crippen LogP contribution in [0, 0.1) is 18.6 Å². The summed E-state index contributed by atoms with van der Waals surface area (Å²) < 4.78 is 28.8. The van der Waals surface area contributed by atoms with E-state index in [-0.39, 0.29) is 24.3 Å². The number of aromatic nitrogens is 4. The predicted octanol–water partition coefficient (Wildman–Crippen LogP) is 2.69. The van der Waals surface area contributed by atoms with Crippen LogP contribution in [0.25, 0.3) is 11.9 Å². The number of aliphatic hydroxyl groups is 2. The topological polar surface area (TPSA) is 117 Å². The Hall–Kier alpha value is -3.12. The molecule has 9 nitrogen and oxygen atoms in total. The second kappa shape index (κ2) is 11.7. The number of anilines is 2. The van der Waals surface area contributed by atoms with Crippen molar-refractivity contribution in [2.45, 2.75) is 37.9 Å². The highest BCUT2D eigenvalue weighted by Gasteiger charge is 2.33. The van der Waals surface area contributed by atoms with E-state index in [0.717, 1.165) is 37.0 Å². The Morgan fingerprint density at radius 2 is 1.66 bits per heavy atom. The van der Waals surface area contributed by atoms with Gasteiger partial charge in [0.15, 0.2) is 5.82 Å². The van der Waals surface area contributed by atoms with Gasteiger partial charge in [-0.1, -0.05) is 12.2 Å². The van der Waals surface area contributed by atoms with Crippen molar-refractivity contribution < 1.29 is 19.0 Å². The largest absolute Gasteiger partial charge is 0.390 e.